The summed E-state index contributed by atoms with van der Waals surface area (Å²) in [6.45, 7) is 1.89. The molecule has 0 unspecified atom stereocenters. The fourth-order valence-electron chi connectivity index (χ4n) is 3.49. The van der Waals surface area contributed by atoms with Crippen LogP contribution in [0.25, 0.3) is 10.9 Å². The van der Waals surface area contributed by atoms with E-state index in [4.69, 9.17) is 5.14 Å². The van der Waals surface area contributed by atoms with Crippen molar-refractivity contribution in [1.29, 1.82) is 0 Å². The van der Waals surface area contributed by atoms with Gasteiger partial charge in [0, 0.05) is 40.8 Å². The van der Waals surface area contributed by atoms with Crippen molar-refractivity contribution < 1.29 is 13.2 Å². The van der Waals surface area contributed by atoms with E-state index in [9.17, 15) is 13.2 Å². The summed E-state index contributed by atoms with van der Waals surface area (Å²) in [5.74, 6) is 0.962. The number of rotatable bonds is 6. The molecule has 0 bridgehead atoms. The summed E-state index contributed by atoms with van der Waals surface area (Å²) in [5.41, 5.74) is 3.11. The lowest BCUT2D eigenvalue weighted by Gasteiger charge is -2.12. The third-order valence-corrected chi connectivity index (χ3v) is 6.42. The van der Waals surface area contributed by atoms with E-state index in [1.807, 2.05) is 31.2 Å². The number of hydrogen-bond acceptors (Lipinski definition) is 7. The van der Waals surface area contributed by atoms with E-state index in [0.717, 1.165) is 35.0 Å². The van der Waals surface area contributed by atoms with Crippen molar-refractivity contribution in [1.82, 2.24) is 19.9 Å². The number of nitrogens with two attached hydrogens (primary N) is 1. The average molecular weight is 478 g/mol. The van der Waals surface area contributed by atoms with Crippen LogP contribution in [-0.4, -0.2) is 35.0 Å². The standard InChI is InChI=1S/C23H23N7O3S/c1-14-13-25-22(27-16-4-7-19(8-5-16)34(24,32)33)29-21(14)26-18-6-9-20-15(12-18)10-11-30(20)23(31)28-17-2-3-17/h4-13,17H,2-3H2,1H3,(H,28,31)(H2,24,32,33)(H2,25,26,27,29). The van der Waals surface area contributed by atoms with Gasteiger partial charge >= 0.3 is 6.03 Å². The molecule has 174 valence electrons. The molecule has 4 aromatic rings. The van der Waals surface area contributed by atoms with Crippen molar-refractivity contribution in [3.8, 4) is 0 Å². The van der Waals surface area contributed by atoms with Gasteiger partial charge < -0.3 is 16.0 Å². The van der Waals surface area contributed by atoms with Crippen molar-refractivity contribution in [2.45, 2.75) is 30.7 Å². The van der Waals surface area contributed by atoms with Gasteiger partial charge in [-0.05, 0) is 68.3 Å². The molecule has 0 radical (unpaired) electrons. The molecular weight excluding hydrogens is 454 g/mol. The molecular formula is C23H23N7O3S. The van der Waals surface area contributed by atoms with Crippen LogP contribution < -0.4 is 21.1 Å². The minimum Gasteiger partial charge on any atom is -0.340 e. The third-order valence-electron chi connectivity index (χ3n) is 5.49. The zero-order valence-corrected chi connectivity index (χ0v) is 19.1. The SMILES string of the molecule is Cc1cnc(Nc2ccc(S(N)(=O)=O)cc2)nc1Nc1ccc2c(ccn2C(=O)NC2CC2)c1. The summed E-state index contributed by atoms with van der Waals surface area (Å²) in [7, 11) is -3.75. The van der Waals surface area contributed by atoms with Crippen molar-refractivity contribution in [2.75, 3.05) is 10.6 Å². The Morgan fingerprint density at radius 3 is 2.50 bits per heavy atom. The summed E-state index contributed by atoms with van der Waals surface area (Å²) < 4.78 is 24.5. The lowest BCUT2D eigenvalue weighted by atomic mass is 10.2. The Hall–Kier alpha value is -3.96. The largest absolute Gasteiger partial charge is 0.340 e. The predicted octanol–water partition coefficient (Wildman–Crippen LogP) is 3.59. The highest BCUT2D eigenvalue weighted by Crippen LogP contribution is 2.26. The number of fused-ring (bicyclic) bond motifs is 1. The van der Waals surface area contributed by atoms with E-state index in [1.54, 1.807) is 29.1 Å². The molecule has 1 aliphatic rings. The van der Waals surface area contributed by atoms with Crippen LogP contribution in [0.3, 0.4) is 0 Å². The van der Waals surface area contributed by atoms with Crippen molar-refractivity contribution >= 4 is 50.1 Å². The number of sulfonamides is 1. The first-order chi connectivity index (χ1) is 16.3. The summed E-state index contributed by atoms with van der Waals surface area (Å²) in [6, 6.07) is 13.8. The Morgan fingerprint density at radius 1 is 1.06 bits per heavy atom. The number of nitrogens with zero attached hydrogens (tertiary/aromatic N) is 3. The molecule has 1 aliphatic carbocycles. The quantitative estimate of drug-likeness (QED) is 0.332. The first-order valence-electron chi connectivity index (χ1n) is 10.7. The number of hydrogen-bond donors (Lipinski definition) is 4. The van der Waals surface area contributed by atoms with Crippen LogP contribution in [0.2, 0.25) is 0 Å². The molecule has 5 rings (SSSR count). The lowest BCUT2D eigenvalue weighted by Crippen LogP contribution is -2.29. The Balaban J connectivity index is 1.34. The maximum absolute atomic E-state index is 12.4. The molecule has 1 amide bonds. The van der Waals surface area contributed by atoms with Gasteiger partial charge in [0.2, 0.25) is 16.0 Å². The van der Waals surface area contributed by atoms with Crippen LogP contribution in [0.5, 0.6) is 0 Å². The second kappa shape index (κ2) is 8.43. The van der Waals surface area contributed by atoms with Gasteiger partial charge in [0.15, 0.2) is 0 Å². The molecule has 2 aromatic carbocycles. The third kappa shape index (κ3) is 4.70. The average Bonchev–Trinajstić information content (AvgIpc) is 3.51. The van der Waals surface area contributed by atoms with Crippen molar-refractivity contribution in [2.24, 2.45) is 5.14 Å². The van der Waals surface area contributed by atoms with E-state index in [1.165, 1.54) is 12.1 Å². The number of anilines is 4. The van der Waals surface area contributed by atoms with Crippen LogP contribution in [0.1, 0.15) is 18.4 Å². The van der Waals surface area contributed by atoms with E-state index in [2.05, 4.69) is 25.9 Å². The Bertz CT molecular complexity index is 1490. The summed E-state index contributed by atoms with van der Waals surface area (Å²) in [6.07, 6.45) is 5.53. The number of nitrogens with one attached hydrogen (secondary N) is 3. The van der Waals surface area contributed by atoms with Crippen LogP contribution in [0.4, 0.5) is 27.9 Å². The highest BCUT2D eigenvalue weighted by Gasteiger charge is 2.24. The number of aryl methyl sites for hydroxylation is 1. The molecule has 2 heterocycles. The maximum Gasteiger partial charge on any atom is 0.326 e. The number of aromatic nitrogens is 3. The maximum atomic E-state index is 12.4. The fraction of sp³-hybridized carbons (Fsp3) is 0.174. The molecule has 0 aliphatic heterocycles. The predicted molar refractivity (Wildman–Crippen MR) is 130 cm³/mol. The second-order valence-electron chi connectivity index (χ2n) is 8.23. The van der Waals surface area contributed by atoms with Gasteiger partial charge in [0.25, 0.3) is 0 Å². The highest BCUT2D eigenvalue weighted by atomic mass is 32.2. The summed E-state index contributed by atoms with van der Waals surface area (Å²) in [4.78, 5) is 21.3. The van der Waals surface area contributed by atoms with Gasteiger partial charge in [-0.3, -0.25) is 4.57 Å². The van der Waals surface area contributed by atoms with E-state index in [-0.39, 0.29) is 10.9 Å². The number of carbonyl (C=O) groups is 1. The molecule has 11 heteroatoms. The number of amides is 1. The molecule has 10 nitrogen and oxygen atoms in total. The van der Waals surface area contributed by atoms with Gasteiger partial charge in [0.05, 0.1) is 10.4 Å². The van der Waals surface area contributed by atoms with Crippen molar-refractivity contribution in [3.05, 3.63) is 66.5 Å². The second-order valence-corrected chi connectivity index (χ2v) is 9.79. The normalized spacial score (nSPS) is 13.6. The highest BCUT2D eigenvalue weighted by molar-refractivity contribution is 7.89. The van der Waals surface area contributed by atoms with E-state index < -0.39 is 10.0 Å². The Kier molecular flexibility index (Phi) is 5.42. The molecule has 2 aromatic heterocycles. The van der Waals surface area contributed by atoms with Gasteiger partial charge in [-0.15, -0.1) is 0 Å². The minimum absolute atomic E-state index is 0.0273. The van der Waals surface area contributed by atoms with E-state index >= 15 is 0 Å². The first kappa shape index (κ1) is 21.9. The van der Waals surface area contributed by atoms with Crippen LogP contribution in [0, 0.1) is 6.92 Å². The molecule has 1 saturated carbocycles. The molecule has 5 N–H and O–H groups in total. The van der Waals surface area contributed by atoms with E-state index in [0.29, 0.717) is 23.5 Å². The summed E-state index contributed by atoms with van der Waals surface area (Å²) in [5, 5.41) is 15.4. The van der Waals surface area contributed by atoms with Crippen molar-refractivity contribution in [3.63, 3.8) is 0 Å². The first-order valence-corrected chi connectivity index (χ1v) is 12.2. The molecule has 0 saturated heterocycles. The van der Waals surface area contributed by atoms with Gasteiger partial charge in [-0.25, -0.2) is 23.3 Å². The Labute approximate surface area is 196 Å². The topological polar surface area (TPSA) is 144 Å². The van der Waals surface area contributed by atoms with Gasteiger partial charge in [-0.2, -0.15) is 4.98 Å². The number of primary sulfonamides is 1. The summed E-state index contributed by atoms with van der Waals surface area (Å²) >= 11 is 0. The van der Waals surface area contributed by atoms with Gasteiger partial charge in [-0.1, -0.05) is 0 Å². The molecule has 0 spiro atoms. The monoisotopic (exact) mass is 477 g/mol. The van der Waals surface area contributed by atoms with Gasteiger partial charge in [0.1, 0.15) is 5.82 Å². The Morgan fingerprint density at radius 2 is 1.79 bits per heavy atom. The smallest absolute Gasteiger partial charge is 0.326 e. The minimum atomic E-state index is -3.75. The molecule has 34 heavy (non-hydrogen) atoms. The molecule has 0 atom stereocenters. The van der Waals surface area contributed by atoms with Crippen LogP contribution >= 0.6 is 0 Å². The number of benzene rings is 2. The zero-order chi connectivity index (χ0) is 23.9. The zero-order valence-electron chi connectivity index (χ0n) is 18.3. The fourth-order valence-corrected chi connectivity index (χ4v) is 4.01. The lowest BCUT2D eigenvalue weighted by molar-refractivity contribution is 0.243. The van der Waals surface area contributed by atoms with Crippen LogP contribution in [-0.2, 0) is 10.0 Å². The van der Waals surface area contributed by atoms with Crippen LogP contribution in [0.15, 0.2) is 65.8 Å². The number of carbonyl (C=O) groups excluding carboxylic acids is 1. The molecule has 1 fully saturated rings.